The van der Waals surface area contributed by atoms with Crippen molar-refractivity contribution in [2.24, 2.45) is 0 Å². The topological polar surface area (TPSA) is 77.5 Å². The first-order chi connectivity index (χ1) is 9.78. The maximum Gasteiger partial charge on any atom is 0.266 e. The van der Waals surface area contributed by atoms with E-state index in [1.54, 1.807) is 6.08 Å². The van der Waals surface area contributed by atoms with Gasteiger partial charge in [0.1, 0.15) is 4.32 Å². The molecule has 1 heterocycles. The molecule has 0 saturated carbocycles. The molecule has 0 bridgehead atoms. The van der Waals surface area contributed by atoms with Gasteiger partial charge in [0, 0.05) is 6.54 Å². The smallest absolute Gasteiger partial charge is 0.266 e. The van der Waals surface area contributed by atoms with Crippen molar-refractivity contribution in [3.05, 3.63) is 40.3 Å². The zero-order valence-corrected chi connectivity index (χ0v) is 13.6. The predicted molar refractivity (Wildman–Crippen MR) is 85.6 cm³/mol. The van der Waals surface area contributed by atoms with Gasteiger partial charge in [-0.05, 0) is 24.1 Å². The Hall–Kier alpha value is -1.22. The minimum Gasteiger partial charge on any atom is -0.748 e. The van der Waals surface area contributed by atoms with E-state index in [0.717, 1.165) is 27.8 Å². The predicted octanol–water partition coefficient (Wildman–Crippen LogP) is 1.74. The number of thioether (sulfide) groups is 1. The van der Waals surface area contributed by atoms with Crippen molar-refractivity contribution in [2.45, 2.75) is 6.92 Å². The lowest BCUT2D eigenvalue weighted by molar-refractivity contribution is -0.121. The Bertz CT molecular complexity index is 725. The molecule has 0 aromatic heterocycles. The number of hydrogen-bond acceptors (Lipinski definition) is 6. The minimum atomic E-state index is -4.37. The van der Waals surface area contributed by atoms with E-state index in [1.165, 1.54) is 0 Å². The van der Waals surface area contributed by atoms with Crippen LogP contribution in [-0.2, 0) is 14.9 Å². The van der Waals surface area contributed by atoms with Crippen molar-refractivity contribution in [2.75, 3.05) is 12.3 Å². The monoisotopic (exact) mass is 342 g/mol. The first-order valence-corrected chi connectivity index (χ1v) is 8.83. The van der Waals surface area contributed by atoms with E-state index in [2.05, 4.69) is 0 Å². The highest BCUT2D eigenvalue weighted by Gasteiger charge is 2.32. The van der Waals surface area contributed by atoms with Crippen LogP contribution in [0.1, 0.15) is 11.1 Å². The second kappa shape index (κ2) is 6.27. The average molecular weight is 342 g/mol. The average Bonchev–Trinajstić information content (AvgIpc) is 2.64. The van der Waals surface area contributed by atoms with Crippen LogP contribution in [-0.4, -0.2) is 40.4 Å². The number of aryl methyl sites for hydroxylation is 1. The molecule has 8 heteroatoms. The Morgan fingerprint density at radius 3 is 2.67 bits per heavy atom. The fraction of sp³-hybridized carbons (Fsp3) is 0.231. The van der Waals surface area contributed by atoms with Gasteiger partial charge in [0.2, 0.25) is 0 Å². The first kappa shape index (κ1) is 16.2. The summed E-state index contributed by atoms with van der Waals surface area (Å²) in [5.41, 5.74) is 1.92. The lowest BCUT2D eigenvalue weighted by Crippen LogP contribution is -2.32. The van der Waals surface area contributed by atoms with E-state index in [4.69, 9.17) is 12.2 Å². The summed E-state index contributed by atoms with van der Waals surface area (Å²) < 4.78 is 32.2. The van der Waals surface area contributed by atoms with Gasteiger partial charge in [-0.25, -0.2) is 8.42 Å². The number of amides is 1. The van der Waals surface area contributed by atoms with Gasteiger partial charge in [-0.15, -0.1) is 0 Å². The molecule has 1 aliphatic rings. The molecule has 0 N–H and O–H groups in total. The van der Waals surface area contributed by atoms with E-state index in [9.17, 15) is 17.8 Å². The molecule has 5 nitrogen and oxygen atoms in total. The van der Waals surface area contributed by atoms with Crippen LogP contribution < -0.4 is 0 Å². The molecule has 112 valence electrons. The van der Waals surface area contributed by atoms with Crippen LogP contribution in [0.4, 0.5) is 0 Å². The standard InChI is InChI=1S/C13H13NO4S3/c1-9-4-2-3-5-10(9)8-11-12(15)14(13(19)20-11)6-7-21(16,17)18/h2-5,8H,6-7H2,1H3,(H,16,17,18)/p-1/b11-8-. The van der Waals surface area contributed by atoms with Gasteiger partial charge in [-0.2, -0.15) is 0 Å². The minimum absolute atomic E-state index is 0.207. The molecule has 0 radical (unpaired) electrons. The summed E-state index contributed by atoms with van der Waals surface area (Å²) in [6.45, 7) is 1.72. The molecule has 1 aromatic rings. The molecule has 1 aromatic carbocycles. The lowest BCUT2D eigenvalue weighted by Gasteiger charge is -2.15. The molecule has 1 amide bonds. The molecule has 1 saturated heterocycles. The highest BCUT2D eigenvalue weighted by Crippen LogP contribution is 2.32. The molecule has 0 aliphatic carbocycles. The molecule has 0 unspecified atom stereocenters. The summed E-state index contributed by atoms with van der Waals surface area (Å²) in [7, 11) is -4.37. The molecule has 0 spiro atoms. The van der Waals surface area contributed by atoms with Crippen LogP contribution in [0.15, 0.2) is 29.2 Å². The third-order valence-electron chi connectivity index (χ3n) is 2.91. The van der Waals surface area contributed by atoms with E-state index < -0.39 is 15.9 Å². The molecular weight excluding hydrogens is 330 g/mol. The summed E-state index contributed by atoms with van der Waals surface area (Å²) in [5, 5.41) is 0. The molecule has 21 heavy (non-hydrogen) atoms. The van der Waals surface area contributed by atoms with Crippen LogP contribution >= 0.6 is 24.0 Å². The fourth-order valence-electron chi connectivity index (χ4n) is 1.79. The maximum atomic E-state index is 12.2. The Kier molecular flexibility index (Phi) is 4.82. The molecule has 0 atom stereocenters. The number of hydrogen-bond donors (Lipinski definition) is 0. The number of carbonyl (C=O) groups excluding carboxylic acids is 1. The third-order valence-corrected chi connectivity index (χ3v) is 4.97. The van der Waals surface area contributed by atoms with Gasteiger partial charge in [-0.1, -0.05) is 48.2 Å². The van der Waals surface area contributed by atoms with E-state index in [0.29, 0.717) is 4.91 Å². The summed E-state index contributed by atoms with van der Waals surface area (Å²) in [5.74, 6) is -1.01. The quantitative estimate of drug-likeness (QED) is 0.471. The highest BCUT2D eigenvalue weighted by molar-refractivity contribution is 8.26. The van der Waals surface area contributed by atoms with Crippen LogP contribution in [0.25, 0.3) is 6.08 Å². The maximum absolute atomic E-state index is 12.2. The number of nitrogens with zero attached hydrogens (tertiary/aromatic N) is 1. The van der Waals surface area contributed by atoms with E-state index in [1.807, 2.05) is 31.2 Å². The second-order valence-corrected chi connectivity index (χ2v) is 7.65. The van der Waals surface area contributed by atoms with Gasteiger partial charge in [0.05, 0.1) is 20.8 Å². The van der Waals surface area contributed by atoms with Crippen molar-refractivity contribution in [3.8, 4) is 0 Å². The van der Waals surface area contributed by atoms with Crippen LogP contribution in [0.2, 0.25) is 0 Å². The fourth-order valence-corrected chi connectivity index (χ4v) is 3.49. The first-order valence-electron chi connectivity index (χ1n) is 6.02. The van der Waals surface area contributed by atoms with Gasteiger partial charge in [0.25, 0.3) is 5.91 Å². The van der Waals surface area contributed by atoms with Gasteiger partial charge in [0.15, 0.2) is 0 Å². The summed E-state index contributed by atoms with van der Waals surface area (Å²) in [6.07, 6.45) is 1.72. The molecule has 2 rings (SSSR count). The van der Waals surface area contributed by atoms with Gasteiger partial charge >= 0.3 is 0 Å². The Morgan fingerprint density at radius 2 is 2.05 bits per heavy atom. The summed E-state index contributed by atoms with van der Waals surface area (Å²) >= 11 is 6.17. The zero-order valence-electron chi connectivity index (χ0n) is 11.1. The molecular formula is C13H12NO4S3-. The van der Waals surface area contributed by atoms with Crippen molar-refractivity contribution in [1.82, 2.24) is 4.90 Å². The Morgan fingerprint density at radius 1 is 1.38 bits per heavy atom. The van der Waals surface area contributed by atoms with E-state index in [-0.39, 0.29) is 16.8 Å². The van der Waals surface area contributed by atoms with Crippen LogP contribution in [0.5, 0.6) is 0 Å². The lowest BCUT2D eigenvalue weighted by atomic mass is 10.1. The Labute approximate surface area is 132 Å². The highest BCUT2D eigenvalue weighted by atomic mass is 32.2. The van der Waals surface area contributed by atoms with Crippen molar-refractivity contribution in [1.29, 1.82) is 0 Å². The number of benzene rings is 1. The van der Waals surface area contributed by atoms with E-state index >= 15 is 0 Å². The third kappa shape index (κ3) is 4.13. The zero-order chi connectivity index (χ0) is 15.6. The van der Waals surface area contributed by atoms with Crippen molar-refractivity contribution >= 4 is 50.4 Å². The number of rotatable bonds is 4. The summed E-state index contributed by atoms with van der Waals surface area (Å²) in [6, 6.07) is 7.57. The van der Waals surface area contributed by atoms with Gasteiger partial charge < -0.3 is 4.55 Å². The van der Waals surface area contributed by atoms with Crippen molar-refractivity contribution in [3.63, 3.8) is 0 Å². The van der Waals surface area contributed by atoms with Crippen LogP contribution in [0.3, 0.4) is 0 Å². The number of thiocarbonyl (C=S) groups is 1. The summed E-state index contributed by atoms with van der Waals surface area (Å²) in [4.78, 5) is 13.8. The molecule has 1 aliphatic heterocycles. The van der Waals surface area contributed by atoms with Crippen molar-refractivity contribution < 1.29 is 17.8 Å². The normalized spacial score (nSPS) is 17.8. The Balaban J connectivity index is 2.20. The number of carbonyl (C=O) groups is 1. The van der Waals surface area contributed by atoms with Gasteiger partial charge in [-0.3, -0.25) is 9.69 Å². The largest absolute Gasteiger partial charge is 0.748 e. The molecule has 1 fully saturated rings. The van der Waals surface area contributed by atoms with Crippen LogP contribution in [0, 0.1) is 6.92 Å². The SMILES string of the molecule is Cc1ccccc1/C=C1\SC(=S)N(CCS(=O)(=O)[O-])C1=O. The second-order valence-electron chi connectivity index (χ2n) is 4.45.